The maximum atomic E-state index is 14.5. The standard InChI is InChI=1S/C23H25ClF4N4O3S/c1-36(34,35)16-4-5-19(18(25)12-16)30-20-3-2-8-32(22(20)33)15-6-9-31(10-7-15)21-17(24)11-14(13-29-21)23(26,27)28/h4-5,11-13,15,20,30H,2-3,6-10H2,1H3/t20-/m0/s1. The van der Waals surface area contributed by atoms with Crippen molar-refractivity contribution < 1.29 is 30.8 Å². The maximum Gasteiger partial charge on any atom is 0.417 e. The second-order valence-electron chi connectivity index (χ2n) is 9.03. The molecule has 0 spiro atoms. The zero-order chi connectivity index (χ0) is 26.3. The first-order valence-electron chi connectivity index (χ1n) is 11.4. The van der Waals surface area contributed by atoms with Gasteiger partial charge in [0, 0.05) is 38.1 Å². The topological polar surface area (TPSA) is 82.6 Å². The smallest absolute Gasteiger partial charge is 0.371 e. The zero-order valence-electron chi connectivity index (χ0n) is 19.4. The lowest BCUT2D eigenvalue weighted by Gasteiger charge is -2.42. The Hall–Kier alpha value is -2.60. The third kappa shape index (κ3) is 5.69. The molecule has 0 saturated carbocycles. The second-order valence-corrected chi connectivity index (χ2v) is 11.5. The SMILES string of the molecule is CS(=O)(=O)c1ccc(N[C@H]2CCCN(C3CCN(c4ncc(C(F)(F)F)cc4Cl)CC3)C2=O)c(F)c1. The third-order valence-corrected chi connectivity index (χ3v) is 7.91. The first kappa shape index (κ1) is 26.5. The lowest BCUT2D eigenvalue weighted by Crippen LogP contribution is -2.54. The molecule has 0 bridgehead atoms. The van der Waals surface area contributed by atoms with E-state index in [1.807, 2.05) is 4.90 Å². The van der Waals surface area contributed by atoms with Crippen LogP contribution in [0.2, 0.25) is 5.02 Å². The fourth-order valence-corrected chi connectivity index (χ4v) is 5.55. The first-order valence-corrected chi connectivity index (χ1v) is 13.7. The number of rotatable bonds is 5. The fourth-order valence-electron chi connectivity index (χ4n) is 4.64. The molecule has 2 aliphatic heterocycles. The van der Waals surface area contributed by atoms with Crippen LogP contribution in [0.25, 0.3) is 0 Å². The van der Waals surface area contributed by atoms with Crippen LogP contribution in [-0.4, -0.2) is 62.2 Å². The summed E-state index contributed by atoms with van der Waals surface area (Å²) in [5.41, 5.74) is -0.855. The van der Waals surface area contributed by atoms with E-state index in [9.17, 15) is 30.8 Å². The molecule has 1 atom stereocenters. The Bertz CT molecular complexity index is 1250. The summed E-state index contributed by atoms with van der Waals surface area (Å²) in [4.78, 5) is 20.5. The maximum absolute atomic E-state index is 14.5. The van der Waals surface area contributed by atoms with E-state index in [2.05, 4.69) is 10.3 Å². The number of carbonyl (C=O) groups excluding carboxylic acids is 1. The van der Waals surface area contributed by atoms with Crippen molar-refractivity contribution in [3.05, 3.63) is 46.9 Å². The van der Waals surface area contributed by atoms with Crippen LogP contribution >= 0.6 is 11.6 Å². The molecule has 2 fully saturated rings. The summed E-state index contributed by atoms with van der Waals surface area (Å²) in [5.74, 6) is -0.644. The second kappa shape index (κ2) is 10.0. The number of halogens is 5. The van der Waals surface area contributed by atoms with E-state index in [1.54, 1.807) is 4.90 Å². The quantitative estimate of drug-likeness (QED) is 0.559. The Morgan fingerprint density at radius 1 is 1.11 bits per heavy atom. The number of benzene rings is 1. The summed E-state index contributed by atoms with van der Waals surface area (Å²) >= 11 is 6.08. The monoisotopic (exact) mass is 548 g/mol. The van der Waals surface area contributed by atoms with Crippen molar-refractivity contribution in [3.8, 4) is 0 Å². The van der Waals surface area contributed by atoms with Gasteiger partial charge in [-0.3, -0.25) is 4.79 Å². The van der Waals surface area contributed by atoms with Gasteiger partial charge in [0.1, 0.15) is 17.7 Å². The van der Waals surface area contributed by atoms with Gasteiger partial charge in [-0.05, 0) is 49.9 Å². The Morgan fingerprint density at radius 2 is 1.81 bits per heavy atom. The lowest BCUT2D eigenvalue weighted by molar-refractivity contribution is -0.138. The van der Waals surface area contributed by atoms with Gasteiger partial charge in [0.25, 0.3) is 0 Å². The molecular weight excluding hydrogens is 524 g/mol. The van der Waals surface area contributed by atoms with Gasteiger partial charge in [-0.1, -0.05) is 11.6 Å². The molecule has 13 heteroatoms. The Morgan fingerprint density at radius 3 is 2.39 bits per heavy atom. The third-order valence-electron chi connectivity index (χ3n) is 6.53. The van der Waals surface area contributed by atoms with Crippen molar-refractivity contribution in [1.29, 1.82) is 0 Å². The van der Waals surface area contributed by atoms with Crippen molar-refractivity contribution in [2.24, 2.45) is 0 Å². The van der Waals surface area contributed by atoms with Crippen LogP contribution in [0, 0.1) is 5.82 Å². The van der Waals surface area contributed by atoms with Gasteiger partial charge in [-0.15, -0.1) is 0 Å². The number of nitrogens with zero attached hydrogens (tertiary/aromatic N) is 3. The number of hydrogen-bond acceptors (Lipinski definition) is 6. The van der Waals surface area contributed by atoms with E-state index in [0.717, 1.165) is 24.6 Å². The van der Waals surface area contributed by atoms with Crippen LogP contribution in [0.1, 0.15) is 31.2 Å². The molecule has 0 aliphatic carbocycles. The van der Waals surface area contributed by atoms with Crippen molar-refractivity contribution in [2.75, 3.05) is 36.1 Å². The molecule has 4 rings (SSSR count). The minimum Gasteiger partial charge on any atom is -0.371 e. The molecule has 2 aliphatic rings. The van der Waals surface area contributed by atoms with Crippen LogP contribution in [-0.2, 0) is 20.8 Å². The highest BCUT2D eigenvalue weighted by molar-refractivity contribution is 7.90. The van der Waals surface area contributed by atoms with Crippen LogP contribution in [0.3, 0.4) is 0 Å². The highest BCUT2D eigenvalue weighted by Gasteiger charge is 2.36. The van der Waals surface area contributed by atoms with Gasteiger partial charge in [0.2, 0.25) is 5.91 Å². The summed E-state index contributed by atoms with van der Waals surface area (Å²) < 4.78 is 76.5. The van der Waals surface area contributed by atoms with Gasteiger partial charge in [-0.2, -0.15) is 13.2 Å². The van der Waals surface area contributed by atoms with E-state index in [1.165, 1.54) is 12.1 Å². The highest BCUT2D eigenvalue weighted by Crippen LogP contribution is 2.35. The van der Waals surface area contributed by atoms with Gasteiger partial charge >= 0.3 is 6.18 Å². The number of pyridine rings is 1. The molecule has 196 valence electrons. The number of hydrogen-bond donors (Lipinski definition) is 1. The molecule has 7 nitrogen and oxygen atoms in total. The highest BCUT2D eigenvalue weighted by atomic mass is 35.5. The first-order chi connectivity index (χ1) is 16.8. The van der Waals surface area contributed by atoms with E-state index in [4.69, 9.17) is 11.6 Å². The summed E-state index contributed by atoms with van der Waals surface area (Å²) in [6.07, 6.45) is -0.404. The van der Waals surface area contributed by atoms with Crippen molar-refractivity contribution in [1.82, 2.24) is 9.88 Å². The van der Waals surface area contributed by atoms with Crippen LogP contribution < -0.4 is 10.2 Å². The number of nitrogens with one attached hydrogen (secondary N) is 1. The molecule has 1 amide bonds. The van der Waals surface area contributed by atoms with Crippen LogP contribution in [0.15, 0.2) is 35.4 Å². The predicted octanol–water partition coefficient (Wildman–Crippen LogP) is 4.37. The molecule has 0 radical (unpaired) electrons. The van der Waals surface area contributed by atoms with Gasteiger partial charge in [-0.25, -0.2) is 17.8 Å². The molecule has 0 unspecified atom stereocenters. The van der Waals surface area contributed by atoms with Gasteiger partial charge in [0.15, 0.2) is 9.84 Å². The summed E-state index contributed by atoms with van der Waals surface area (Å²) in [6.45, 7) is 1.48. The molecule has 2 aromatic rings. The summed E-state index contributed by atoms with van der Waals surface area (Å²) in [6, 6.07) is 3.67. The number of alkyl halides is 3. The Balaban J connectivity index is 1.39. The largest absolute Gasteiger partial charge is 0.417 e. The van der Waals surface area contributed by atoms with E-state index < -0.39 is 33.4 Å². The minimum atomic E-state index is -4.53. The molecule has 1 N–H and O–H groups in total. The minimum absolute atomic E-state index is 0.0560. The van der Waals surface area contributed by atoms with Crippen molar-refractivity contribution in [3.63, 3.8) is 0 Å². The summed E-state index contributed by atoms with van der Waals surface area (Å²) in [5, 5.41) is 2.84. The number of sulfone groups is 1. The van der Waals surface area contributed by atoms with E-state index in [0.29, 0.717) is 45.3 Å². The molecule has 1 aromatic heterocycles. The number of carbonyl (C=O) groups is 1. The van der Waals surface area contributed by atoms with E-state index >= 15 is 0 Å². The normalized spacial score (nSPS) is 20.1. The average Bonchev–Trinajstić information content (AvgIpc) is 2.80. The van der Waals surface area contributed by atoms with Gasteiger partial charge in [0.05, 0.1) is 21.2 Å². The molecule has 2 saturated heterocycles. The molecule has 1 aromatic carbocycles. The fraction of sp³-hybridized carbons (Fsp3) is 0.478. The Labute approximate surface area is 211 Å². The van der Waals surface area contributed by atoms with Crippen molar-refractivity contribution >= 4 is 38.9 Å². The number of anilines is 2. The lowest BCUT2D eigenvalue weighted by atomic mass is 9.97. The zero-order valence-corrected chi connectivity index (χ0v) is 20.9. The number of amides is 1. The van der Waals surface area contributed by atoms with Crippen LogP contribution in [0.5, 0.6) is 0 Å². The molecular formula is C23H25ClF4N4O3S. The summed E-state index contributed by atoms with van der Waals surface area (Å²) in [7, 11) is -3.55. The van der Waals surface area contributed by atoms with Crippen molar-refractivity contribution in [2.45, 2.75) is 48.8 Å². The number of aromatic nitrogens is 1. The molecule has 3 heterocycles. The molecule has 36 heavy (non-hydrogen) atoms. The number of piperidine rings is 2. The number of likely N-dealkylation sites (tertiary alicyclic amines) is 1. The predicted molar refractivity (Wildman–Crippen MR) is 127 cm³/mol. The Kier molecular flexibility index (Phi) is 7.38. The van der Waals surface area contributed by atoms with E-state index in [-0.39, 0.29) is 33.4 Å². The van der Waals surface area contributed by atoms with Crippen LogP contribution in [0.4, 0.5) is 29.1 Å². The average molecular weight is 549 g/mol. The van der Waals surface area contributed by atoms with Gasteiger partial charge < -0.3 is 15.1 Å².